The Morgan fingerprint density at radius 1 is 1.62 bits per heavy atom. The molecule has 4 nitrogen and oxygen atoms in total. The third-order valence-corrected chi connectivity index (χ3v) is 1.93. The number of hydrogen-bond donors (Lipinski definition) is 0. The minimum Gasteiger partial charge on any atom is -0.458 e. The molecule has 0 saturated carbocycles. The van der Waals surface area contributed by atoms with Crippen molar-refractivity contribution in [2.45, 2.75) is 19.4 Å². The van der Waals surface area contributed by atoms with Crippen LogP contribution >= 0.6 is 0 Å². The van der Waals surface area contributed by atoms with E-state index in [1.165, 1.54) is 0 Å². The number of ether oxygens (including phenoxy) is 2. The lowest BCUT2D eigenvalue weighted by Gasteiger charge is -2.09. The maximum Gasteiger partial charge on any atom is 0.316 e. The highest BCUT2D eigenvalue weighted by molar-refractivity contribution is 5.03. The van der Waals surface area contributed by atoms with Gasteiger partial charge >= 0.3 is 6.01 Å². The van der Waals surface area contributed by atoms with Gasteiger partial charge in [0, 0.05) is 18.3 Å². The highest BCUT2D eigenvalue weighted by Crippen LogP contribution is 2.11. The van der Waals surface area contributed by atoms with Crippen LogP contribution in [0.2, 0.25) is 0 Å². The lowest BCUT2D eigenvalue weighted by molar-refractivity contribution is 0.134. The zero-order chi connectivity index (χ0) is 9.10. The van der Waals surface area contributed by atoms with Crippen molar-refractivity contribution in [3.8, 4) is 6.01 Å². The molecule has 0 aliphatic carbocycles. The van der Waals surface area contributed by atoms with E-state index < -0.39 is 0 Å². The molecule has 1 saturated heterocycles. The Kier molecular flexibility index (Phi) is 2.40. The van der Waals surface area contributed by atoms with E-state index in [4.69, 9.17) is 9.47 Å². The largest absolute Gasteiger partial charge is 0.458 e. The summed E-state index contributed by atoms with van der Waals surface area (Å²) in [6, 6.07) is 2.30. The summed E-state index contributed by atoms with van der Waals surface area (Å²) in [7, 11) is 0. The first-order chi connectivity index (χ1) is 6.34. The van der Waals surface area contributed by atoms with E-state index in [9.17, 15) is 0 Å². The first-order valence-corrected chi connectivity index (χ1v) is 4.38. The first-order valence-electron chi connectivity index (χ1n) is 4.38. The average Bonchev–Trinajstić information content (AvgIpc) is 2.57. The van der Waals surface area contributed by atoms with Crippen LogP contribution in [-0.4, -0.2) is 29.3 Å². The van der Waals surface area contributed by atoms with Crippen LogP contribution in [0.25, 0.3) is 0 Å². The van der Waals surface area contributed by atoms with Gasteiger partial charge in [-0.3, -0.25) is 0 Å². The third kappa shape index (κ3) is 2.15. The van der Waals surface area contributed by atoms with Crippen LogP contribution < -0.4 is 4.74 Å². The van der Waals surface area contributed by atoms with Crippen LogP contribution in [0.3, 0.4) is 0 Å². The molecule has 0 spiro atoms. The van der Waals surface area contributed by atoms with E-state index in [1.807, 2.05) is 13.0 Å². The predicted octanol–water partition coefficient (Wildman–Crippen LogP) is 0.953. The van der Waals surface area contributed by atoms with Gasteiger partial charge in [0.15, 0.2) is 0 Å². The van der Waals surface area contributed by atoms with Gasteiger partial charge in [-0.2, -0.15) is 0 Å². The Morgan fingerprint density at radius 2 is 2.54 bits per heavy atom. The summed E-state index contributed by atoms with van der Waals surface area (Å²) in [5.74, 6) is 0. The molecule has 2 rings (SSSR count). The summed E-state index contributed by atoms with van der Waals surface area (Å²) in [5.41, 5.74) is 0.920. The summed E-state index contributed by atoms with van der Waals surface area (Å²) in [5, 5.41) is 0. The lowest BCUT2D eigenvalue weighted by Crippen LogP contribution is -2.17. The van der Waals surface area contributed by atoms with E-state index in [0.717, 1.165) is 18.7 Å². The smallest absolute Gasteiger partial charge is 0.316 e. The van der Waals surface area contributed by atoms with E-state index in [-0.39, 0.29) is 6.10 Å². The molecule has 13 heavy (non-hydrogen) atoms. The van der Waals surface area contributed by atoms with Crippen molar-refractivity contribution in [1.29, 1.82) is 0 Å². The molecule has 1 aromatic rings. The van der Waals surface area contributed by atoms with Crippen molar-refractivity contribution in [3.05, 3.63) is 18.0 Å². The molecule has 0 N–H and O–H groups in total. The van der Waals surface area contributed by atoms with Gasteiger partial charge in [-0.05, 0) is 13.0 Å². The van der Waals surface area contributed by atoms with Gasteiger partial charge in [0.05, 0.1) is 13.2 Å². The molecule has 1 aromatic heterocycles. The normalized spacial score (nSPS) is 21.8. The Balaban J connectivity index is 2.00. The van der Waals surface area contributed by atoms with Crippen molar-refractivity contribution < 1.29 is 9.47 Å². The standard InChI is InChI=1S/C9H12N2O2/c1-7-2-4-10-9(11-7)13-8-3-5-12-6-8/h2,4,8H,3,5-6H2,1H3/t8-/m0/s1. The maximum absolute atomic E-state index is 5.51. The Labute approximate surface area is 76.9 Å². The van der Waals surface area contributed by atoms with Gasteiger partial charge in [0.1, 0.15) is 6.10 Å². The zero-order valence-corrected chi connectivity index (χ0v) is 7.56. The Morgan fingerprint density at radius 3 is 3.23 bits per heavy atom. The van der Waals surface area contributed by atoms with E-state index in [1.54, 1.807) is 6.20 Å². The minimum atomic E-state index is 0.127. The van der Waals surface area contributed by atoms with E-state index in [2.05, 4.69) is 9.97 Å². The molecule has 1 aliphatic rings. The van der Waals surface area contributed by atoms with Gasteiger partial charge in [0.25, 0.3) is 0 Å². The first kappa shape index (κ1) is 8.44. The number of aryl methyl sites for hydroxylation is 1. The number of nitrogens with zero attached hydrogens (tertiary/aromatic N) is 2. The topological polar surface area (TPSA) is 44.2 Å². The molecular weight excluding hydrogens is 168 g/mol. The second-order valence-corrected chi connectivity index (χ2v) is 3.08. The van der Waals surface area contributed by atoms with Gasteiger partial charge in [-0.1, -0.05) is 0 Å². The van der Waals surface area contributed by atoms with Gasteiger partial charge in [-0.25, -0.2) is 9.97 Å². The van der Waals surface area contributed by atoms with Crippen molar-refractivity contribution in [2.75, 3.05) is 13.2 Å². The van der Waals surface area contributed by atoms with Crippen LogP contribution in [0.1, 0.15) is 12.1 Å². The fraction of sp³-hybridized carbons (Fsp3) is 0.556. The number of hydrogen-bond acceptors (Lipinski definition) is 4. The van der Waals surface area contributed by atoms with Crippen molar-refractivity contribution in [2.24, 2.45) is 0 Å². The third-order valence-electron chi connectivity index (χ3n) is 1.93. The fourth-order valence-electron chi connectivity index (χ4n) is 1.24. The highest BCUT2D eigenvalue weighted by atomic mass is 16.6. The molecule has 0 bridgehead atoms. The van der Waals surface area contributed by atoms with Crippen LogP contribution in [-0.2, 0) is 4.74 Å². The number of rotatable bonds is 2. The van der Waals surface area contributed by atoms with Crippen molar-refractivity contribution >= 4 is 0 Å². The predicted molar refractivity (Wildman–Crippen MR) is 46.6 cm³/mol. The summed E-state index contributed by atoms with van der Waals surface area (Å²) in [4.78, 5) is 8.16. The minimum absolute atomic E-state index is 0.127. The highest BCUT2D eigenvalue weighted by Gasteiger charge is 2.17. The summed E-state index contributed by atoms with van der Waals surface area (Å²) >= 11 is 0. The van der Waals surface area contributed by atoms with Gasteiger partial charge in [0.2, 0.25) is 0 Å². The maximum atomic E-state index is 5.51. The monoisotopic (exact) mass is 180 g/mol. The Hall–Kier alpha value is -1.16. The molecule has 4 heteroatoms. The average molecular weight is 180 g/mol. The summed E-state index contributed by atoms with van der Waals surface area (Å²) in [6.07, 6.45) is 2.76. The van der Waals surface area contributed by atoms with E-state index >= 15 is 0 Å². The molecule has 0 radical (unpaired) electrons. The summed E-state index contributed by atoms with van der Waals surface area (Å²) < 4.78 is 10.7. The molecular formula is C9H12N2O2. The van der Waals surface area contributed by atoms with Crippen LogP contribution in [0, 0.1) is 6.92 Å². The van der Waals surface area contributed by atoms with Crippen molar-refractivity contribution in [1.82, 2.24) is 9.97 Å². The van der Waals surface area contributed by atoms with Crippen LogP contribution in [0.15, 0.2) is 12.3 Å². The SMILES string of the molecule is Cc1ccnc(O[C@H]2CCOC2)n1. The number of aromatic nitrogens is 2. The van der Waals surface area contributed by atoms with Gasteiger partial charge in [-0.15, -0.1) is 0 Å². The Bertz CT molecular complexity index is 285. The molecule has 2 heterocycles. The molecule has 70 valence electrons. The molecule has 0 unspecified atom stereocenters. The molecule has 0 amide bonds. The second-order valence-electron chi connectivity index (χ2n) is 3.08. The van der Waals surface area contributed by atoms with Crippen molar-refractivity contribution in [3.63, 3.8) is 0 Å². The molecule has 1 fully saturated rings. The van der Waals surface area contributed by atoms with Gasteiger partial charge < -0.3 is 9.47 Å². The summed E-state index contributed by atoms with van der Waals surface area (Å²) in [6.45, 7) is 3.34. The lowest BCUT2D eigenvalue weighted by atomic mass is 10.3. The molecule has 1 atom stereocenters. The zero-order valence-electron chi connectivity index (χ0n) is 7.56. The van der Waals surface area contributed by atoms with Crippen LogP contribution in [0.5, 0.6) is 6.01 Å². The van der Waals surface area contributed by atoms with Crippen LogP contribution in [0.4, 0.5) is 0 Å². The van der Waals surface area contributed by atoms with E-state index in [0.29, 0.717) is 12.6 Å². The second kappa shape index (κ2) is 3.70. The molecule has 1 aliphatic heterocycles. The quantitative estimate of drug-likeness (QED) is 0.679. The fourth-order valence-corrected chi connectivity index (χ4v) is 1.24. The molecule has 0 aromatic carbocycles.